The third-order valence-electron chi connectivity index (χ3n) is 2.45. The number of H-pyrrole nitrogens is 2. The van der Waals surface area contributed by atoms with Gasteiger partial charge in [-0.15, -0.1) is 0 Å². The molecule has 0 unspecified atom stereocenters. The van der Waals surface area contributed by atoms with Crippen molar-refractivity contribution in [3.05, 3.63) is 29.3 Å². The predicted molar refractivity (Wildman–Crippen MR) is 65.8 cm³/mol. The van der Waals surface area contributed by atoms with Gasteiger partial charge in [-0.05, 0) is 13.8 Å². The normalized spacial score (nSPS) is 10.2. The number of nitrogens with zero attached hydrogens (tertiary/aromatic N) is 2. The summed E-state index contributed by atoms with van der Waals surface area (Å²) in [6, 6.07) is 0. The first-order valence-corrected chi connectivity index (χ1v) is 5.65. The van der Waals surface area contributed by atoms with E-state index in [0.29, 0.717) is 16.9 Å². The van der Waals surface area contributed by atoms with Gasteiger partial charge in [0.25, 0.3) is 5.91 Å². The van der Waals surface area contributed by atoms with E-state index in [1.165, 1.54) is 12.4 Å². The molecule has 0 fully saturated rings. The van der Waals surface area contributed by atoms with Gasteiger partial charge in [-0.1, -0.05) is 0 Å². The van der Waals surface area contributed by atoms with Crippen LogP contribution in [0, 0.1) is 6.92 Å². The highest BCUT2D eigenvalue weighted by atomic mass is 16.5. The number of carbonyl (C=O) groups is 2. The number of anilines is 1. The molecule has 0 saturated carbocycles. The molecule has 8 nitrogen and oxygen atoms in total. The maximum Gasteiger partial charge on any atom is 0.342 e. The Morgan fingerprint density at radius 2 is 2.26 bits per heavy atom. The van der Waals surface area contributed by atoms with Crippen molar-refractivity contribution >= 4 is 17.6 Å². The molecule has 8 heteroatoms. The fourth-order valence-electron chi connectivity index (χ4n) is 1.59. The maximum absolute atomic E-state index is 11.8. The lowest BCUT2D eigenvalue weighted by Gasteiger charge is -2.05. The molecule has 0 bridgehead atoms. The molecule has 19 heavy (non-hydrogen) atoms. The van der Waals surface area contributed by atoms with E-state index in [-0.39, 0.29) is 12.3 Å². The summed E-state index contributed by atoms with van der Waals surface area (Å²) < 4.78 is 4.94. The summed E-state index contributed by atoms with van der Waals surface area (Å²) in [6.07, 6.45) is 2.82. The maximum atomic E-state index is 11.8. The number of hydrogen-bond donors (Lipinski definition) is 3. The summed E-state index contributed by atoms with van der Waals surface area (Å²) in [5.41, 5.74) is 1.41. The molecule has 100 valence electrons. The fraction of sp³-hybridized carbons (Fsp3) is 0.273. The van der Waals surface area contributed by atoms with Crippen molar-refractivity contribution in [2.24, 2.45) is 0 Å². The van der Waals surface area contributed by atoms with Crippen LogP contribution < -0.4 is 5.32 Å². The zero-order valence-corrected chi connectivity index (χ0v) is 10.5. The van der Waals surface area contributed by atoms with Gasteiger partial charge in [0, 0.05) is 11.9 Å². The van der Waals surface area contributed by atoms with Gasteiger partial charge in [0.1, 0.15) is 5.56 Å². The average molecular weight is 263 g/mol. The highest BCUT2D eigenvalue weighted by molar-refractivity contribution is 6.07. The quantitative estimate of drug-likeness (QED) is 0.708. The van der Waals surface area contributed by atoms with Crippen LogP contribution in [0.1, 0.15) is 33.5 Å². The Kier molecular flexibility index (Phi) is 3.60. The monoisotopic (exact) mass is 263 g/mol. The minimum Gasteiger partial charge on any atom is -0.462 e. The molecule has 2 aromatic rings. The lowest BCUT2D eigenvalue weighted by Crippen LogP contribution is -2.15. The second kappa shape index (κ2) is 5.34. The van der Waals surface area contributed by atoms with E-state index in [0.717, 1.165) is 0 Å². The van der Waals surface area contributed by atoms with Crippen LogP contribution in [-0.2, 0) is 4.74 Å². The van der Waals surface area contributed by atoms with E-state index < -0.39 is 11.9 Å². The molecule has 1 amide bonds. The van der Waals surface area contributed by atoms with Crippen LogP contribution in [0.4, 0.5) is 5.69 Å². The van der Waals surface area contributed by atoms with Crippen LogP contribution in [0.5, 0.6) is 0 Å². The lowest BCUT2D eigenvalue weighted by molar-refractivity contribution is 0.0527. The number of aryl methyl sites for hydroxylation is 1. The number of amides is 1. The lowest BCUT2D eigenvalue weighted by atomic mass is 10.2. The van der Waals surface area contributed by atoms with Gasteiger partial charge in [-0.2, -0.15) is 15.4 Å². The van der Waals surface area contributed by atoms with Gasteiger partial charge in [0.05, 0.1) is 18.5 Å². The molecule has 0 aliphatic heterocycles. The first-order valence-electron chi connectivity index (χ1n) is 5.65. The third-order valence-corrected chi connectivity index (χ3v) is 2.45. The van der Waals surface area contributed by atoms with Crippen LogP contribution in [0.2, 0.25) is 0 Å². The molecule has 0 saturated heterocycles. The standard InChI is InChI=1S/C11H13N5O3/c1-3-19-11(18)9-6(2)12-4-7(9)14-10(17)8-5-13-16-15-8/h4-5,12H,3H2,1-2H3,(H,14,17)(H,13,15,16). The molecule has 0 atom stereocenters. The second-order valence-electron chi connectivity index (χ2n) is 3.73. The summed E-state index contributed by atoms with van der Waals surface area (Å²) >= 11 is 0. The van der Waals surface area contributed by atoms with Gasteiger partial charge in [-0.25, -0.2) is 4.79 Å². The number of carbonyl (C=O) groups excluding carboxylic acids is 2. The van der Waals surface area contributed by atoms with E-state index in [1.54, 1.807) is 13.8 Å². The van der Waals surface area contributed by atoms with Crippen molar-refractivity contribution in [2.75, 3.05) is 11.9 Å². The van der Waals surface area contributed by atoms with Crippen molar-refractivity contribution in [1.82, 2.24) is 20.4 Å². The third kappa shape index (κ3) is 2.62. The number of aromatic nitrogens is 4. The second-order valence-corrected chi connectivity index (χ2v) is 3.73. The predicted octanol–water partition coefficient (Wildman–Crippen LogP) is 0.870. The molecule has 2 heterocycles. The smallest absolute Gasteiger partial charge is 0.342 e. The SMILES string of the molecule is CCOC(=O)c1c(NC(=O)c2cn[nH]n2)c[nH]c1C. The average Bonchev–Trinajstić information content (AvgIpc) is 2.99. The summed E-state index contributed by atoms with van der Waals surface area (Å²) in [7, 11) is 0. The van der Waals surface area contributed by atoms with Crippen LogP contribution >= 0.6 is 0 Å². The van der Waals surface area contributed by atoms with Gasteiger partial charge >= 0.3 is 5.97 Å². The summed E-state index contributed by atoms with van der Waals surface area (Å²) in [4.78, 5) is 26.5. The fourth-order valence-corrected chi connectivity index (χ4v) is 1.59. The van der Waals surface area contributed by atoms with E-state index in [1.807, 2.05) is 0 Å². The van der Waals surface area contributed by atoms with Gasteiger partial charge < -0.3 is 15.0 Å². The number of rotatable bonds is 4. The van der Waals surface area contributed by atoms with Crippen LogP contribution in [0.3, 0.4) is 0 Å². The zero-order chi connectivity index (χ0) is 13.8. The van der Waals surface area contributed by atoms with E-state index in [2.05, 4.69) is 25.7 Å². The summed E-state index contributed by atoms with van der Waals surface area (Å²) in [6.45, 7) is 3.70. The van der Waals surface area contributed by atoms with Crippen LogP contribution in [0.15, 0.2) is 12.4 Å². The van der Waals surface area contributed by atoms with Crippen LogP contribution in [-0.4, -0.2) is 38.9 Å². The molecule has 0 aliphatic carbocycles. The largest absolute Gasteiger partial charge is 0.462 e. The molecule has 2 aromatic heterocycles. The summed E-state index contributed by atoms with van der Waals surface area (Å²) in [5.74, 6) is -0.949. The van der Waals surface area contributed by atoms with Crippen molar-refractivity contribution in [1.29, 1.82) is 0 Å². The Hall–Kier alpha value is -2.64. The number of esters is 1. The van der Waals surface area contributed by atoms with Gasteiger partial charge in [-0.3, -0.25) is 4.79 Å². The Morgan fingerprint density at radius 3 is 2.89 bits per heavy atom. The molecule has 3 N–H and O–H groups in total. The van der Waals surface area contributed by atoms with Gasteiger partial charge in [0.2, 0.25) is 0 Å². The molecule has 0 radical (unpaired) electrons. The molecular formula is C11H13N5O3. The number of aromatic amines is 2. The van der Waals surface area contributed by atoms with Crippen molar-refractivity contribution < 1.29 is 14.3 Å². The highest BCUT2D eigenvalue weighted by Crippen LogP contribution is 2.20. The Bertz CT molecular complexity index is 588. The minimum atomic E-state index is -0.489. The van der Waals surface area contributed by atoms with Gasteiger partial charge in [0.15, 0.2) is 5.69 Å². The van der Waals surface area contributed by atoms with E-state index >= 15 is 0 Å². The Labute approximate surface area is 108 Å². The number of hydrogen-bond acceptors (Lipinski definition) is 5. The first kappa shape index (κ1) is 12.8. The topological polar surface area (TPSA) is 113 Å². The molecule has 0 spiro atoms. The first-order chi connectivity index (χ1) is 9.13. The molecule has 0 aliphatic rings. The Balaban J connectivity index is 2.21. The van der Waals surface area contributed by atoms with E-state index in [9.17, 15) is 9.59 Å². The van der Waals surface area contributed by atoms with E-state index in [4.69, 9.17) is 4.74 Å². The van der Waals surface area contributed by atoms with Crippen molar-refractivity contribution in [3.8, 4) is 0 Å². The van der Waals surface area contributed by atoms with Crippen LogP contribution in [0.25, 0.3) is 0 Å². The zero-order valence-electron chi connectivity index (χ0n) is 10.5. The number of ether oxygens (including phenoxy) is 1. The Morgan fingerprint density at radius 1 is 1.47 bits per heavy atom. The molecular weight excluding hydrogens is 250 g/mol. The molecule has 2 rings (SSSR count). The minimum absolute atomic E-state index is 0.133. The molecule has 0 aromatic carbocycles. The summed E-state index contributed by atoms with van der Waals surface area (Å²) in [5, 5.41) is 12.1. The van der Waals surface area contributed by atoms with Crippen molar-refractivity contribution in [3.63, 3.8) is 0 Å². The number of nitrogens with one attached hydrogen (secondary N) is 3. The highest BCUT2D eigenvalue weighted by Gasteiger charge is 2.20. The van der Waals surface area contributed by atoms with Crippen molar-refractivity contribution in [2.45, 2.75) is 13.8 Å².